The number of amides is 1. The second kappa shape index (κ2) is 10.1. The fraction of sp³-hybridized carbons (Fsp3) is 0.320. The zero-order chi connectivity index (χ0) is 24.3. The Labute approximate surface area is 205 Å². The highest BCUT2D eigenvalue weighted by atomic mass is 32.2. The summed E-state index contributed by atoms with van der Waals surface area (Å²) in [5, 5.41) is 6.03. The molecule has 0 unspecified atom stereocenters. The number of benzene rings is 2. The molecule has 1 fully saturated rings. The maximum atomic E-state index is 12.7. The molecule has 35 heavy (non-hydrogen) atoms. The van der Waals surface area contributed by atoms with Crippen LogP contribution in [0.4, 0.5) is 17.3 Å². The quantitative estimate of drug-likeness (QED) is 0.464. The number of hydrogen-bond acceptors (Lipinski definition) is 7. The number of likely N-dealkylation sites (tertiary alicyclic amines) is 1. The molecule has 2 aliphatic rings. The van der Waals surface area contributed by atoms with E-state index in [-0.39, 0.29) is 17.2 Å². The van der Waals surface area contributed by atoms with Gasteiger partial charge < -0.3 is 15.5 Å². The Kier molecular flexibility index (Phi) is 6.76. The molecule has 1 amide bonds. The van der Waals surface area contributed by atoms with Gasteiger partial charge in [-0.05, 0) is 56.3 Å². The molecule has 1 saturated heterocycles. The highest BCUT2D eigenvalue weighted by Gasteiger charge is 2.21. The molecule has 0 bridgehead atoms. The molecule has 9 nitrogen and oxygen atoms in total. The minimum Gasteiger partial charge on any atom is -0.325 e. The topological polar surface area (TPSA) is 116 Å². The minimum absolute atomic E-state index is 0.109. The lowest BCUT2D eigenvalue weighted by Gasteiger charge is -2.26. The van der Waals surface area contributed by atoms with Gasteiger partial charge in [-0.2, -0.15) is 0 Å². The highest BCUT2D eigenvalue weighted by molar-refractivity contribution is 7.89. The molecule has 1 aromatic heterocycles. The van der Waals surface area contributed by atoms with Gasteiger partial charge >= 0.3 is 0 Å². The Morgan fingerprint density at radius 3 is 2.57 bits per heavy atom. The molecule has 5 rings (SSSR count). The lowest BCUT2D eigenvalue weighted by atomic mass is 10.1. The highest BCUT2D eigenvalue weighted by Crippen LogP contribution is 2.32. The number of aromatic nitrogens is 2. The monoisotopic (exact) mass is 492 g/mol. The van der Waals surface area contributed by atoms with Gasteiger partial charge in [-0.15, -0.1) is 0 Å². The van der Waals surface area contributed by atoms with Gasteiger partial charge in [0.25, 0.3) is 0 Å². The number of para-hydroxylation sites is 1. The van der Waals surface area contributed by atoms with Crippen molar-refractivity contribution < 1.29 is 13.2 Å². The van der Waals surface area contributed by atoms with Crippen molar-refractivity contribution in [2.75, 3.05) is 36.8 Å². The van der Waals surface area contributed by atoms with Gasteiger partial charge in [-0.3, -0.25) is 4.79 Å². The first-order valence-electron chi connectivity index (χ1n) is 11.8. The normalized spacial score (nSPS) is 16.1. The van der Waals surface area contributed by atoms with Crippen LogP contribution < -0.4 is 15.4 Å². The van der Waals surface area contributed by atoms with Crippen LogP contribution in [0.5, 0.6) is 0 Å². The maximum Gasteiger partial charge on any atom is 0.240 e. The Morgan fingerprint density at radius 1 is 1.00 bits per heavy atom. The van der Waals surface area contributed by atoms with Crippen LogP contribution in [0.3, 0.4) is 0 Å². The van der Waals surface area contributed by atoms with Crippen molar-refractivity contribution in [3.8, 4) is 11.3 Å². The molecule has 3 heterocycles. The van der Waals surface area contributed by atoms with Crippen molar-refractivity contribution in [1.29, 1.82) is 0 Å². The van der Waals surface area contributed by atoms with Gasteiger partial charge in [0.2, 0.25) is 21.9 Å². The van der Waals surface area contributed by atoms with E-state index in [0.717, 1.165) is 30.8 Å². The van der Waals surface area contributed by atoms with Crippen molar-refractivity contribution in [2.24, 2.45) is 0 Å². The molecule has 0 saturated carbocycles. The molecule has 0 spiro atoms. The summed E-state index contributed by atoms with van der Waals surface area (Å²) in [5.74, 6) is 0.255. The molecule has 0 radical (unpaired) electrons. The van der Waals surface area contributed by atoms with E-state index in [1.807, 2.05) is 24.3 Å². The number of anilines is 3. The van der Waals surface area contributed by atoms with Gasteiger partial charge in [0, 0.05) is 36.1 Å². The van der Waals surface area contributed by atoms with Gasteiger partial charge in [0.05, 0.1) is 22.7 Å². The van der Waals surface area contributed by atoms with Gasteiger partial charge in [0.15, 0.2) is 0 Å². The molecule has 3 aromatic rings. The average molecular weight is 493 g/mol. The van der Waals surface area contributed by atoms with Crippen LogP contribution in [0.1, 0.15) is 24.8 Å². The fourth-order valence-corrected chi connectivity index (χ4v) is 5.47. The van der Waals surface area contributed by atoms with Crippen LogP contribution in [0.15, 0.2) is 59.6 Å². The lowest BCUT2D eigenvalue weighted by molar-refractivity contribution is -0.115. The third-order valence-corrected chi connectivity index (χ3v) is 7.74. The second-order valence-corrected chi connectivity index (χ2v) is 10.6. The number of rotatable bonds is 7. The van der Waals surface area contributed by atoms with E-state index in [4.69, 9.17) is 0 Å². The van der Waals surface area contributed by atoms with Crippen LogP contribution in [-0.4, -0.2) is 55.4 Å². The summed E-state index contributed by atoms with van der Waals surface area (Å²) in [4.78, 5) is 23.7. The van der Waals surface area contributed by atoms with Crippen molar-refractivity contribution in [2.45, 2.75) is 30.6 Å². The predicted octanol–water partition coefficient (Wildman–Crippen LogP) is 3.15. The standard InChI is InChI=1S/C25H28N6O3S/c32-23-16-18-17-26-25(30-24(18)21-6-2-3-7-22(21)29-23)28-19-8-10-20(11-9-19)35(33,34)27-12-15-31-13-4-1-5-14-31/h2-3,6-11,17,27H,1,4-5,12-16H2,(H,29,32)(H,26,28,30). The van der Waals surface area contributed by atoms with Crippen LogP contribution in [0.25, 0.3) is 11.3 Å². The van der Waals surface area contributed by atoms with E-state index in [1.54, 1.807) is 30.5 Å². The fourth-order valence-electron chi connectivity index (χ4n) is 4.45. The van der Waals surface area contributed by atoms with Crippen molar-refractivity contribution in [3.63, 3.8) is 0 Å². The number of carbonyl (C=O) groups is 1. The Hall–Kier alpha value is -3.34. The van der Waals surface area contributed by atoms with Crippen LogP contribution in [-0.2, 0) is 21.2 Å². The summed E-state index contributed by atoms with van der Waals surface area (Å²) in [6.07, 6.45) is 5.45. The van der Waals surface area contributed by atoms with Crippen molar-refractivity contribution >= 4 is 33.3 Å². The molecule has 2 aliphatic heterocycles. The van der Waals surface area contributed by atoms with Gasteiger partial charge in [-0.1, -0.05) is 24.6 Å². The Balaban J connectivity index is 1.27. The van der Waals surface area contributed by atoms with E-state index in [2.05, 4.69) is 30.2 Å². The van der Waals surface area contributed by atoms with Gasteiger partial charge in [-0.25, -0.2) is 23.1 Å². The summed E-state index contributed by atoms with van der Waals surface area (Å²) in [7, 11) is -3.58. The molecule has 2 aromatic carbocycles. The average Bonchev–Trinajstić information content (AvgIpc) is 3.00. The molecule has 0 aliphatic carbocycles. The van der Waals surface area contributed by atoms with E-state index in [0.29, 0.717) is 29.6 Å². The number of hydrogen-bond donors (Lipinski definition) is 3. The first kappa shape index (κ1) is 23.4. The maximum absolute atomic E-state index is 12.7. The molecular formula is C25H28N6O3S. The summed E-state index contributed by atoms with van der Waals surface area (Å²) >= 11 is 0. The number of fused-ring (bicyclic) bond motifs is 3. The first-order valence-corrected chi connectivity index (χ1v) is 13.3. The third kappa shape index (κ3) is 5.50. The second-order valence-electron chi connectivity index (χ2n) is 8.79. The zero-order valence-electron chi connectivity index (χ0n) is 19.3. The summed E-state index contributed by atoms with van der Waals surface area (Å²) in [5.41, 5.74) is 3.64. The van der Waals surface area contributed by atoms with E-state index >= 15 is 0 Å². The summed E-state index contributed by atoms with van der Waals surface area (Å²) in [6.45, 7) is 3.18. The summed E-state index contributed by atoms with van der Waals surface area (Å²) in [6, 6.07) is 14.0. The minimum atomic E-state index is -3.58. The van der Waals surface area contributed by atoms with E-state index in [9.17, 15) is 13.2 Å². The largest absolute Gasteiger partial charge is 0.325 e. The zero-order valence-corrected chi connectivity index (χ0v) is 20.1. The number of nitrogens with zero attached hydrogens (tertiary/aromatic N) is 3. The van der Waals surface area contributed by atoms with Crippen molar-refractivity contribution in [3.05, 3.63) is 60.3 Å². The molecule has 0 atom stereocenters. The smallest absolute Gasteiger partial charge is 0.240 e. The number of carbonyl (C=O) groups excluding carboxylic acids is 1. The number of piperidine rings is 1. The van der Waals surface area contributed by atoms with Crippen LogP contribution >= 0.6 is 0 Å². The van der Waals surface area contributed by atoms with E-state index in [1.165, 1.54) is 19.3 Å². The SMILES string of the molecule is O=C1Cc2cnc(Nc3ccc(S(=O)(=O)NCCN4CCCCC4)cc3)nc2-c2ccccc2N1. The summed E-state index contributed by atoms with van der Waals surface area (Å²) < 4.78 is 28.0. The first-order chi connectivity index (χ1) is 17.0. The number of nitrogens with one attached hydrogen (secondary N) is 3. The third-order valence-electron chi connectivity index (χ3n) is 6.26. The lowest BCUT2D eigenvalue weighted by Crippen LogP contribution is -2.37. The molecule has 3 N–H and O–H groups in total. The van der Waals surface area contributed by atoms with Crippen molar-refractivity contribution in [1.82, 2.24) is 19.6 Å². The predicted molar refractivity (Wildman–Crippen MR) is 135 cm³/mol. The Bertz CT molecular complexity index is 1320. The molecule has 10 heteroatoms. The molecule has 182 valence electrons. The Morgan fingerprint density at radius 2 is 1.77 bits per heavy atom. The molecular weight excluding hydrogens is 464 g/mol. The van der Waals surface area contributed by atoms with Gasteiger partial charge in [0.1, 0.15) is 0 Å². The van der Waals surface area contributed by atoms with Crippen LogP contribution in [0, 0.1) is 0 Å². The van der Waals surface area contributed by atoms with E-state index < -0.39 is 10.0 Å². The van der Waals surface area contributed by atoms with Crippen LogP contribution in [0.2, 0.25) is 0 Å². The number of sulfonamides is 1.